The van der Waals surface area contributed by atoms with Gasteiger partial charge in [-0.3, -0.25) is 4.68 Å². The smallest absolute Gasteiger partial charge is 0.340 e. The first-order valence-electron chi connectivity index (χ1n) is 6.47. The Morgan fingerprint density at radius 2 is 1.91 bits per heavy atom. The third kappa shape index (κ3) is 2.74. The monoisotopic (exact) mass is 339 g/mol. The second-order valence-electron chi connectivity index (χ2n) is 4.86. The van der Waals surface area contributed by atoms with Crippen LogP contribution in [0.2, 0.25) is 0 Å². The zero-order valence-corrected chi connectivity index (χ0v) is 12.9. The number of aryl methyl sites for hydroxylation is 2. The summed E-state index contributed by atoms with van der Waals surface area (Å²) >= 11 is 0. The lowest BCUT2D eigenvalue weighted by Crippen LogP contribution is -2.10. The van der Waals surface area contributed by atoms with Gasteiger partial charge in [-0.2, -0.15) is 13.5 Å². The molecule has 0 aliphatic heterocycles. The molecule has 23 heavy (non-hydrogen) atoms. The van der Waals surface area contributed by atoms with E-state index in [2.05, 4.69) is 10.1 Å². The SMILES string of the molecule is Cc1nn(C)c2ncc(S(=O)(=O)Oc3ccc(F)c(F)c3)cc12. The topological polar surface area (TPSA) is 74.1 Å². The second-order valence-corrected chi connectivity index (χ2v) is 6.41. The molecule has 3 rings (SSSR count). The molecular formula is C14H11F2N3O3S. The summed E-state index contributed by atoms with van der Waals surface area (Å²) < 4.78 is 56.9. The van der Waals surface area contributed by atoms with Crippen molar-refractivity contribution in [3.05, 3.63) is 47.8 Å². The van der Waals surface area contributed by atoms with E-state index in [1.54, 1.807) is 14.0 Å². The van der Waals surface area contributed by atoms with Crippen LogP contribution in [-0.2, 0) is 17.2 Å². The Morgan fingerprint density at radius 1 is 1.17 bits per heavy atom. The van der Waals surface area contributed by atoms with Gasteiger partial charge in [0.2, 0.25) is 0 Å². The summed E-state index contributed by atoms with van der Waals surface area (Å²) in [6.45, 7) is 1.72. The van der Waals surface area contributed by atoms with Crippen LogP contribution in [-0.4, -0.2) is 23.2 Å². The molecule has 0 amide bonds. The van der Waals surface area contributed by atoms with Crippen molar-refractivity contribution in [2.75, 3.05) is 0 Å². The molecule has 0 aliphatic carbocycles. The van der Waals surface area contributed by atoms with Crippen molar-refractivity contribution in [3.63, 3.8) is 0 Å². The molecule has 0 fully saturated rings. The molecule has 2 aromatic heterocycles. The highest BCUT2D eigenvalue weighted by molar-refractivity contribution is 7.87. The zero-order chi connectivity index (χ0) is 16.8. The van der Waals surface area contributed by atoms with Gasteiger partial charge in [-0.25, -0.2) is 13.8 Å². The predicted molar refractivity (Wildman–Crippen MR) is 77.4 cm³/mol. The summed E-state index contributed by atoms with van der Waals surface area (Å²) in [6, 6.07) is 3.85. The molecule has 120 valence electrons. The number of benzene rings is 1. The molecule has 0 saturated heterocycles. The van der Waals surface area contributed by atoms with Gasteiger partial charge in [-0.1, -0.05) is 0 Å². The standard InChI is InChI=1S/C14H11F2N3O3S/c1-8-11-6-10(7-17-14(11)19(2)18-8)23(20,21)22-9-3-4-12(15)13(16)5-9/h3-7H,1-2H3. The maximum atomic E-state index is 13.1. The number of hydrogen-bond donors (Lipinski definition) is 0. The van der Waals surface area contributed by atoms with Crippen molar-refractivity contribution in [3.8, 4) is 5.75 Å². The summed E-state index contributed by atoms with van der Waals surface area (Å²) in [6.07, 6.45) is 1.12. The first-order chi connectivity index (χ1) is 10.8. The van der Waals surface area contributed by atoms with Crippen LogP contribution < -0.4 is 4.18 Å². The first-order valence-corrected chi connectivity index (χ1v) is 7.87. The highest BCUT2D eigenvalue weighted by Gasteiger charge is 2.20. The highest BCUT2D eigenvalue weighted by atomic mass is 32.2. The molecule has 0 spiro atoms. The van der Waals surface area contributed by atoms with Gasteiger partial charge in [0.25, 0.3) is 0 Å². The van der Waals surface area contributed by atoms with E-state index in [-0.39, 0.29) is 10.6 Å². The second kappa shape index (κ2) is 5.27. The van der Waals surface area contributed by atoms with Gasteiger partial charge in [0.1, 0.15) is 10.6 Å². The fraction of sp³-hybridized carbons (Fsp3) is 0.143. The van der Waals surface area contributed by atoms with Crippen LogP contribution in [0, 0.1) is 18.6 Å². The van der Waals surface area contributed by atoms with Gasteiger partial charge in [0.15, 0.2) is 17.3 Å². The molecule has 3 aromatic rings. The van der Waals surface area contributed by atoms with Crippen LogP contribution in [0.4, 0.5) is 8.78 Å². The minimum absolute atomic E-state index is 0.203. The lowest BCUT2D eigenvalue weighted by molar-refractivity contribution is 0.472. The van der Waals surface area contributed by atoms with Crippen molar-refractivity contribution in [2.45, 2.75) is 11.8 Å². The Bertz CT molecular complexity index is 1020. The van der Waals surface area contributed by atoms with Crippen LogP contribution in [0.1, 0.15) is 5.69 Å². The molecule has 0 unspecified atom stereocenters. The summed E-state index contributed by atoms with van der Waals surface area (Å²) in [4.78, 5) is 3.85. The Kier molecular flexibility index (Phi) is 3.52. The largest absolute Gasteiger partial charge is 0.379 e. The third-order valence-electron chi connectivity index (χ3n) is 3.22. The van der Waals surface area contributed by atoms with Gasteiger partial charge >= 0.3 is 10.1 Å². The maximum Gasteiger partial charge on any atom is 0.340 e. The zero-order valence-electron chi connectivity index (χ0n) is 12.1. The van der Waals surface area contributed by atoms with Gasteiger partial charge in [-0.05, 0) is 25.1 Å². The van der Waals surface area contributed by atoms with E-state index in [0.717, 1.165) is 18.3 Å². The summed E-state index contributed by atoms with van der Waals surface area (Å²) in [5, 5.41) is 4.70. The molecule has 0 atom stereocenters. The lowest BCUT2D eigenvalue weighted by Gasteiger charge is -2.07. The van der Waals surface area contributed by atoms with Crippen molar-refractivity contribution in [1.82, 2.24) is 14.8 Å². The number of nitrogens with zero attached hydrogens (tertiary/aromatic N) is 3. The summed E-state index contributed by atoms with van der Waals surface area (Å²) in [7, 11) is -2.54. The van der Waals surface area contributed by atoms with Gasteiger partial charge in [0.05, 0.1) is 11.9 Å². The normalized spacial score (nSPS) is 11.8. The number of pyridine rings is 1. The predicted octanol–water partition coefficient (Wildman–Crippen LogP) is 2.32. The van der Waals surface area contributed by atoms with Gasteiger partial charge in [0, 0.05) is 18.5 Å². The number of halogens is 2. The van der Waals surface area contributed by atoms with Crippen molar-refractivity contribution in [2.24, 2.45) is 7.05 Å². The number of hydrogen-bond acceptors (Lipinski definition) is 5. The number of rotatable bonds is 3. The molecule has 6 nitrogen and oxygen atoms in total. The maximum absolute atomic E-state index is 13.1. The number of aromatic nitrogens is 3. The first kappa shape index (κ1) is 15.3. The Labute approximate surface area is 130 Å². The summed E-state index contributed by atoms with van der Waals surface area (Å²) in [5.74, 6) is -2.62. The molecule has 1 aromatic carbocycles. The van der Waals surface area contributed by atoms with Crippen molar-refractivity contribution >= 4 is 21.2 Å². The van der Waals surface area contributed by atoms with E-state index >= 15 is 0 Å². The summed E-state index contributed by atoms with van der Waals surface area (Å²) in [5.41, 5.74) is 1.13. The highest BCUT2D eigenvalue weighted by Crippen LogP contribution is 2.23. The molecule has 0 N–H and O–H groups in total. The molecule has 0 saturated carbocycles. The van der Waals surface area contributed by atoms with E-state index in [0.29, 0.717) is 22.8 Å². The fourth-order valence-electron chi connectivity index (χ4n) is 2.13. The molecule has 0 radical (unpaired) electrons. The molecular weight excluding hydrogens is 328 g/mol. The van der Waals surface area contributed by atoms with Crippen LogP contribution in [0.5, 0.6) is 5.75 Å². The van der Waals surface area contributed by atoms with Crippen molar-refractivity contribution < 1.29 is 21.4 Å². The average Bonchev–Trinajstić information content (AvgIpc) is 2.77. The molecule has 0 bridgehead atoms. The Morgan fingerprint density at radius 3 is 2.61 bits per heavy atom. The van der Waals surface area contributed by atoms with Crippen LogP contribution >= 0.6 is 0 Å². The minimum atomic E-state index is -4.23. The lowest BCUT2D eigenvalue weighted by atomic mass is 10.3. The molecule has 9 heteroatoms. The van der Waals surface area contributed by atoms with E-state index < -0.39 is 21.8 Å². The molecule has 2 heterocycles. The van der Waals surface area contributed by atoms with Crippen molar-refractivity contribution in [1.29, 1.82) is 0 Å². The Balaban J connectivity index is 2.02. The van der Waals surface area contributed by atoms with Gasteiger partial charge in [-0.15, -0.1) is 0 Å². The van der Waals surface area contributed by atoms with E-state index in [1.807, 2.05) is 0 Å². The minimum Gasteiger partial charge on any atom is -0.379 e. The molecule has 0 aliphatic rings. The quantitative estimate of drug-likeness (QED) is 0.685. The van der Waals surface area contributed by atoms with Crippen LogP contribution in [0.15, 0.2) is 35.4 Å². The van der Waals surface area contributed by atoms with E-state index in [4.69, 9.17) is 4.18 Å². The number of fused-ring (bicyclic) bond motifs is 1. The van der Waals surface area contributed by atoms with Crippen LogP contribution in [0.3, 0.4) is 0 Å². The van der Waals surface area contributed by atoms with E-state index in [1.165, 1.54) is 10.7 Å². The average molecular weight is 339 g/mol. The van der Waals surface area contributed by atoms with Gasteiger partial charge < -0.3 is 4.18 Å². The Hall–Kier alpha value is -2.55. The van der Waals surface area contributed by atoms with E-state index in [9.17, 15) is 17.2 Å². The third-order valence-corrected chi connectivity index (χ3v) is 4.44. The van der Waals surface area contributed by atoms with Crippen LogP contribution in [0.25, 0.3) is 11.0 Å². The fourth-order valence-corrected chi connectivity index (χ4v) is 3.03.